The summed E-state index contributed by atoms with van der Waals surface area (Å²) in [4.78, 5) is 2.60. The maximum absolute atomic E-state index is 5.74. The van der Waals surface area contributed by atoms with Crippen molar-refractivity contribution in [2.75, 3.05) is 26.2 Å². The average molecular weight is 270 g/mol. The molecule has 0 radical (unpaired) electrons. The first-order valence-corrected chi connectivity index (χ1v) is 8.26. The van der Waals surface area contributed by atoms with Crippen molar-refractivity contribution in [1.29, 1.82) is 0 Å². The van der Waals surface area contributed by atoms with Gasteiger partial charge in [-0.15, -0.1) is 0 Å². The molecule has 1 aliphatic heterocycles. The standard InChI is InChI=1S/C16H34N2O/c1-5-7-8-9-14(3)17-10-11-18-12-15(4)19-13-16(18)6-2/h14-17H,5-13H2,1-4H3. The van der Waals surface area contributed by atoms with Crippen LogP contribution in [0.4, 0.5) is 0 Å². The van der Waals surface area contributed by atoms with E-state index in [1.165, 1.54) is 32.1 Å². The first-order chi connectivity index (χ1) is 9.17. The first-order valence-electron chi connectivity index (χ1n) is 8.26. The molecule has 19 heavy (non-hydrogen) atoms. The summed E-state index contributed by atoms with van der Waals surface area (Å²) in [5.74, 6) is 0. The second-order valence-electron chi connectivity index (χ2n) is 6.05. The predicted octanol–water partition coefficient (Wildman–Crippen LogP) is 3.04. The van der Waals surface area contributed by atoms with Crippen LogP contribution in [0.5, 0.6) is 0 Å². The minimum absolute atomic E-state index is 0.393. The second-order valence-corrected chi connectivity index (χ2v) is 6.05. The zero-order chi connectivity index (χ0) is 14.1. The molecule has 0 aromatic heterocycles. The summed E-state index contributed by atoms with van der Waals surface area (Å²) in [6.45, 7) is 13.3. The lowest BCUT2D eigenvalue weighted by molar-refractivity contribution is -0.0552. The van der Waals surface area contributed by atoms with Crippen LogP contribution in [-0.2, 0) is 4.74 Å². The third kappa shape index (κ3) is 6.73. The molecule has 1 aliphatic rings. The lowest BCUT2D eigenvalue weighted by atomic mass is 10.1. The van der Waals surface area contributed by atoms with Gasteiger partial charge in [0.1, 0.15) is 0 Å². The fourth-order valence-corrected chi connectivity index (χ4v) is 2.82. The monoisotopic (exact) mass is 270 g/mol. The van der Waals surface area contributed by atoms with Gasteiger partial charge in [0.15, 0.2) is 0 Å². The number of ether oxygens (including phenoxy) is 1. The van der Waals surface area contributed by atoms with E-state index in [1.807, 2.05) is 0 Å². The van der Waals surface area contributed by atoms with Crippen LogP contribution in [0, 0.1) is 0 Å². The van der Waals surface area contributed by atoms with E-state index in [1.54, 1.807) is 0 Å². The highest BCUT2D eigenvalue weighted by Crippen LogP contribution is 2.13. The van der Waals surface area contributed by atoms with Crippen molar-refractivity contribution in [3.05, 3.63) is 0 Å². The molecular weight excluding hydrogens is 236 g/mol. The molecule has 3 nitrogen and oxygen atoms in total. The van der Waals surface area contributed by atoms with E-state index < -0.39 is 0 Å². The molecule has 3 unspecified atom stereocenters. The minimum Gasteiger partial charge on any atom is -0.376 e. The van der Waals surface area contributed by atoms with Gasteiger partial charge in [-0.3, -0.25) is 4.90 Å². The molecule has 1 fully saturated rings. The lowest BCUT2D eigenvalue weighted by Gasteiger charge is -2.38. The van der Waals surface area contributed by atoms with E-state index in [4.69, 9.17) is 4.74 Å². The van der Waals surface area contributed by atoms with Gasteiger partial charge in [-0.05, 0) is 26.7 Å². The number of nitrogens with zero attached hydrogens (tertiary/aromatic N) is 1. The molecule has 0 aliphatic carbocycles. The molecule has 0 saturated carbocycles. The molecule has 3 atom stereocenters. The molecule has 0 amide bonds. The highest BCUT2D eigenvalue weighted by molar-refractivity contribution is 4.78. The first kappa shape index (κ1) is 16.9. The molecule has 0 aromatic carbocycles. The molecule has 1 saturated heterocycles. The van der Waals surface area contributed by atoms with Crippen molar-refractivity contribution in [3.8, 4) is 0 Å². The van der Waals surface area contributed by atoms with Crippen molar-refractivity contribution in [1.82, 2.24) is 10.2 Å². The van der Waals surface area contributed by atoms with Crippen molar-refractivity contribution in [2.24, 2.45) is 0 Å². The fourth-order valence-electron chi connectivity index (χ4n) is 2.82. The Kier molecular flexibility index (Phi) is 8.67. The Morgan fingerprint density at radius 2 is 2.11 bits per heavy atom. The molecule has 3 heteroatoms. The van der Waals surface area contributed by atoms with Gasteiger partial charge < -0.3 is 10.1 Å². The number of hydrogen-bond acceptors (Lipinski definition) is 3. The highest BCUT2D eigenvalue weighted by Gasteiger charge is 2.24. The molecule has 0 spiro atoms. The van der Waals surface area contributed by atoms with Crippen LogP contribution < -0.4 is 5.32 Å². The van der Waals surface area contributed by atoms with E-state index in [2.05, 4.69) is 37.9 Å². The van der Waals surface area contributed by atoms with E-state index in [0.717, 1.165) is 26.2 Å². The predicted molar refractivity (Wildman–Crippen MR) is 82.7 cm³/mol. The zero-order valence-corrected chi connectivity index (χ0v) is 13.5. The van der Waals surface area contributed by atoms with Gasteiger partial charge in [-0.1, -0.05) is 33.1 Å². The molecule has 1 rings (SSSR count). The Morgan fingerprint density at radius 1 is 1.32 bits per heavy atom. The third-order valence-electron chi connectivity index (χ3n) is 4.18. The van der Waals surface area contributed by atoms with Crippen LogP contribution in [0.25, 0.3) is 0 Å². The van der Waals surface area contributed by atoms with Crippen LogP contribution in [-0.4, -0.2) is 49.3 Å². The van der Waals surface area contributed by atoms with Crippen LogP contribution in [0.15, 0.2) is 0 Å². The van der Waals surface area contributed by atoms with E-state index in [9.17, 15) is 0 Å². The quantitative estimate of drug-likeness (QED) is 0.652. The Balaban J connectivity index is 2.15. The van der Waals surface area contributed by atoms with Crippen LogP contribution in [0.3, 0.4) is 0 Å². The summed E-state index contributed by atoms with van der Waals surface area (Å²) in [7, 11) is 0. The molecular formula is C16H34N2O. The highest BCUT2D eigenvalue weighted by atomic mass is 16.5. The van der Waals surface area contributed by atoms with Gasteiger partial charge in [0.2, 0.25) is 0 Å². The topological polar surface area (TPSA) is 24.5 Å². The summed E-state index contributed by atoms with van der Waals surface area (Å²) >= 11 is 0. The SMILES string of the molecule is CCCCCC(C)NCCN1CC(C)OCC1CC. The maximum atomic E-state index is 5.74. The zero-order valence-electron chi connectivity index (χ0n) is 13.5. The van der Waals surface area contributed by atoms with Crippen molar-refractivity contribution >= 4 is 0 Å². The van der Waals surface area contributed by atoms with Crippen LogP contribution >= 0.6 is 0 Å². The summed E-state index contributed by atoms with van der Waals surface area (Å²) in [5.41, 5.74) is 0. The van der Waals surface area contributed by atoms with Crippen molar-refractivity contribution in [2.45, 2.75) is 78.0 Å². The van der Waals surface area contributed by atoms with Gasteiger partial charge in [0, 0.05) is 31.7 Å². The molecule has 1 N–H and O–H groups in total. The number of rotatable bonds is 9. The largest absolute Gasteiger partial charge is 0.376 e. The fraction of sp³-hybridized carbons (Fsp3) is 1.00. The Bertz CT molecular complexity index is 223. The Labute approximate surface area is 120 Å². The minimum atomic E-state index is 0.393. The molecule has 0 bridgehead atoms. The summed E-state index contributed by atoms with van der Waals surface area (Å²) < 4.78 is 5.74. The molecule has 114 valence electrons. The summed E-state index contributed by atoms with van der Waals surface area (Å²) in [6.07, 6.45) is 6.94. The van der Waals surface area contributed by atoms with Gasteiger partial charge in [0.25, 0.3) is 0 Å². The van der Waals surface area contributed by atoms with Gasteiger partial charge in [0.05, 0.1) is 12.7 Å². The van der Waals surface area contributed by atoms with Crippen molar-refractivity contribution in [3.63, 3.8) is 0 Å². The lowest BCUT2D eigenvalue weighted by Crippen LogP contribution is -2.50. The summed E-state index contributed by atoms with van der Waals surface area (Å²) in [5, 5.41) is 3.67. The normalized spacial score (nSPS) is 26.5. The van der Waals surface area contributed by atoms with Gasteiger partial charge >= 0.3 is 0 Å². The second kappa shape index (κ2) is 9.73. The average Bonchev–Trinajstić information content (AvgIpc) is 2.39. The number of hydrogen-bond donors (Lipinski definition) is 1. The molecule has 0 aromatic rings. The van der Waals surface area contributed by atoms with Gasteiger partial charge in [-0.2, -0.15) is 0 Å². The smallest absolute Gasteiger partial charge is 0.0674 e. The van der Waals surface area contributed by atoms with Crippen molar-refractivity contribution < 1.29 is 4.74 Å². The van der Waals surface area contributed by atoms with Crippen LogP contribution in [0.1, 0.15) is 59.8 Å². The Morgan fingerprint density at radius 3 is 2.79 bits per heavy atom. The van der Waals surface area contributed by atoms with Gasteiger partial charge in [-0.25, -0.2) is 0 Å². The maximum Gasteiger partial charge on any atom is 0.0674 e. The third-order valence-corrected chi connectivity index (χ3v) is 4.18. The Hall–Kier alpha value is -0.120. The number of unbranched alkanes of at least 4 members (excludes halogenated alkanes) is 2. The van der Waals surface area contributed by atoms with Crippen LogP contribution in [0.2, 0.25) is 0 Å². The number of morpholine rings is 1. The van der Waals surface area contributed by atoms with E-state index in [-0.39, 0.29) is 0 Å². The number of nitrogens with one attached hydrogen (secondary N) is 1. The van der Waals surface area contributed by atoms with E-state index >= 15 is 0 Å². The van der Waals surface area contributed by atoms with E-state index in [0.29, 0.717) is 18.2 Å². The molecule has 1 heterocycles. The summed E-state index contributed by atoms with van der Waals surface area (Å²) in [6, 6.07) is 1.28.